The highest BCUT2D eigenvalue weighted by molar-refractivity contribution is 6.23. The van der Waals surface area contributed by atoms with Gasteiger partial charge >= 0.3 is 0 Å². The number of hydrogen-bond acceptors (Lipinski definition) is 4. The van der Waals surface area contributed by atoms with E-state index in [-0.39, 0.29) is 21.8 Å². The van der Waals surface area contributed by atoms with Crippen LogP contribution in [0.1, 0.15) is 34.6 Å². The Morgan fingerprint density at radius 3 is 2.38 bits per heavy atom. The van der Waals surface area contributed by atoms with Crippen LogP contribution in [-0.2, 0) is 0 Å². The second-order valence-electron chi connectivity index (χ2n) is 9.05. The van der Waals surface area contributed by atoms with Gasteiger partial charge in [-0.25, -0.2) is 0 Å². The molecule has 2 aliphatic rings. The van der Waals surface area contributed by atoms with Gasteiger partial charge in [0.1, 0.15) is 0 Å². The Labute approximate surface area is 158 Å². The normalized spacial score (nSPS) is 41.8. The molecule has 2 heterocycles. The van der Waals surface area contributed by atoms with Gasteiger partial charge in [0.05, 0.1) is 11.0 Å². The Kier molecular flexibility index (Phi) is 6.89. The van der Waals surface area contributed by atoms with E-state index in [9.17, 15) is 0 Å². The van der Waals surface area contributed by atoms with Crippen LogP contribution >= 0.6 is 23.2 Å². The third-order valence-electron chi connectivity index (χ3n) is 5.98. The molecule has 2 bridgehead atoms. The molecule has 0 aliphatic carbocycles. The molecule has 5 unspecified atom stereocenters. The molecule has 0 amide bonds. The van der Waals surface area contributed by atoms with E-state index in [1.54, 1.807) is 0 Å². The van der Waals surface area contributed by atoms with Gasteiger partial charge in [-0.2, -0.15) is 0 Å². The number of nitrogens with zero attached hydrogens (tertiary/aromatic N) is 3. The van der Waals surface area contributed by atoms with Crippen molar-refractivity contribution in [3.8, 4) is 0 Å². The molecular weight excluding hydrogens is 343 g/mol. The number of halogens is 2. The molecule has 0 spiro atoms. The molecule has 5 atom stereocenters. The maximum Gasteiger partial charge on any atom is 0.0988 e. The van der Waals surface area contributed by atoms with E-state index in [2.05, 4.69) is 61.7 Å². The van der Waals surface area contributed by atoms with Crippen LogP contribution in [0.15, 0.2) is 0 Å². The molecule has 4 nitrogen and oxygen atoms in total. The maximum atomic E-state index is 6.89. The van der Waals surface area contributed by atoms with Gasteiger partial charge in [0.2, 0.25) is 0 Å². The van der Waals surface area contributed by atoms with E-state index in [4.69, 9.17) is 23.2 Å². The summed E-state index contributed by atoms with van der Waals surface area (Å²) in [5, 5.41) is 3.65. The van der Waals surface area contributed by atoms with Gasteiger partial charge < -0.3 is 5.32 Å². The van der Waals surface area contributed by atoms with E-state index < -0.39 is 0 Å². The first-order valence-electron chi connectivity index (χ1n) is 9.22. The minimum absolute atomic E-state index is 0.0466. The largest absolute Gasteiger partial charge is 0.315 e. The predicted octanol–water partition coefficient (Wildman–Crippen LogP) is 2.71. The van der Waals surface area contributed by atoms with Gasteiger partial charge in [0.25, 0.3) is 0 Å². The molecule has 2 fully saturated rings. The lowest BCUT2D eigenvalue weighted by atomic mass is 9.83. The molecule has 0 aromatic rings. The van der Waals surface area contributed by atoms with Gasteiger partial charge in [0, 0.05) is 57.3 Å². The Hall–Kier alpha value is 0.420. The summed E-state index contributed by atoms with van der Waals surface area (Å²) in [5.74, 6) is 0. The lowest BCUT2D eigenvalue weighted by Crippen LogP contribution is -2.59. The fraction of sp³-hybridized carbons (Fsp3) is 1.00. The summed E-state index contributed by atoms with van der Waals surface area (Å²) in [4.78, 5) is 7.26. The van der Waals surface area contributed by atoms with Crippen LogP contribution in [0.5, 0.6) is 0 Å². The van der Waals surface area contributed by atoms with Gasteiger partial charge in [-0.3, -0.25) is 14.7 Å². The molecule has 1 N–H and O–H groups in total. The summed E-state index contributed by atoms with van der Waals surface area (Å²) in [6.07, 6.45) is 0. The number of likely N-dealkylation sites (N-methyl/N-ethyl adjacent to an activating group) is 1. The molecule has 142 valence electrons. The van der Waals surface area contributed by atoms with E-state index in [0.29, 0.717) is 6.04 Å². The summed E-state index contributed by atoms with van der Waals surface area (Å²) in [6, 6.07) is 0.389. The van der Waals surface area contributed by atoms with Gasteiger partial charge in [0.15, 0.2) is 0 Å². The highest BCUT2D eigenvalue weighted by atomic mass is 35.5. The highest BCUT2D eigenvalue weighted by Crippen LogP contribution is 2.36. The van der Waals surface area contributed by atoms with Crippen LogP contribution in [-0.4, -0.2) is 84.6 Å². The summed E-state index contributed by atoms with van der Waals surface area (Å²) in [5.41, 5.74) is 0.0282. The van der Waals surface area contributed by atoms with Gasteiger partial charge in [-0.05, 0) is 19.4 Å². The molecule has 2 aliphatic heterocycles. The third-order valence-corrected chi connectivity index (χ3v) is 7.30. The zero-order chi connectivity index (χ0) is 18.1. The van der Waals surface area contributed by atoms with Crippen LogP contribution in [0.2, 0.25) is 0 Å². The first-order valence-corrected chi connectivity index (χ1v) is 10.1. The predicted molar refractivity (Wildman–Crippen MR) is 105 cm³/mol. The average molecular weight is 379 g/mol. The molecule has 2 rings (SSSR count). The van der Waals surface area contributed by atoms with Crippen LogP contribution < -0.4 is 5.32 Å². The topological polar surface area (TPSA) is 21.8 Å². The van der Waals surface area contributed by atoms with E-state index >= 15 is 0 Å². The van der Waals surface area contributed by atoms with Crippen molar-refractivity contribution in [1.29, 1.82) is 0 Å². The summed E-state index contributed by atoms with van der Waals surface area (Å²) < 4.78 is 0. The number of nitrogens with one attached hydrogen (secondary N) is 1. The van der Waals surface area contributed by atoms with Crippen molar-refractivity contribution in [2.24, 2.45) is 10.8 Å². The van der Waals surface area contributed by atoms with Crippen molar-refractivity contribution in [3.63, 3.8) is 0 Å². The molecule has 6 heteroatoms. The Morgan fingerprint density at radius 1 is 1.04 bits per heavy atom. The van der Waals surface area contributed by atoms with Crippen molar-refractivity contribution >= 4 is 23.2 Å². The Balaban J connectivity index is 2.31. The first kappa shape index (κ1) is 20.7. The van der Waals surface area contributed by atoms with E-state index in [1.165, 1.54) is 0 Å². The molecule has 0 radical (unpaired) electrons. The monoisotopic (exact) mass is 378 g/mol. The van der Waals surface area contributed by atoms with Gasteiger partial charge in [-0.15, -0.1) is 23.2 Å². The van der Waals surface area contributed by atoms with Crippen LogP contribution in [0, 0.1) is 10.8 Å². The lowest BCUT2D eigenvalue weighted by molar-refractivity contribution is 0.0161. The number of alkyl halides is 2. The number of hydrogen-bond donors (Lipinski definition) is 1. The van der Waals surface area contributed by atoms with Crippen LogP contribution in [0.3, 0.4) is 0 Å². The zero-order valence-electron chi connectivity index (χ0n) is 16.3. The standard InChI is InChI=1S/C18H36Cl2N4/c1-14-18(4,5)16(20)22(6)15(19)11-23-9-10-24(14)8-7-21-12-17(2,3)13-23/h14-16,21H,7-13H2,1-6H3. The van der Waals surface area contributed by atoms with Crippen LogP contribution in [0.25, 0.3) is 0 Å². The Bertz CT molecular complexity index is 416. The Morgan fingerprint density at radius 2 is 1.71 bits per heavy atom. The smallest absolute Gasteiger partial charge is 0.0988 e. The number of fused-ring (bicyclic) bond motifs is 3. The fourth-order valence-electron chi connectivity index (χ4n) is 3.99. The fourth-order valence-corrected chi connectivity index (χ4v) is 4.68. The zero-order valence-corrected chi connectivity index (χ0v) is 17.8. The average Bonchev–Trinajstić information content (AvgIpc) is 2.50. The van der Waals surface area contributed by atoms with Crippen LogP contribution in [0.4, 0.5) is 0 Å². The molecule has 0 saturated carbocycles. The van der Waals surface area contributed by atoms with Crippen molar-refractivity contribution < 1.29 is 0 Å². The highest BCUT2D eigenvalue weighted by Gasteiger charge is 2.42. The maximum absolute atomic E-state index is 6.89. The van der Waals surface area contributed by atoms with Crippen molar-refractivity contribution in [1.82, 2.24) is 20.0 Å². The third kappa shape index (κ3) is 4.77. The minimum Gasteiger partial charge on any atom is -0.315 e. The SMILES string of the molecule is CC1N2CCNCC(C)(C)CN(CC2)CC(Cl)N(C)C(Cl)C1(C)C. The van der Waals surface area contributed by atoms with Gasteiger partial charge in [-0.1, -0.05) is 27.7 Å². The van der Waals surface area contributed by atoms with Crippen molar-refractivity contribution in [2.45, 2.75) is 51.7 Å². The summed E-state index contributed by atoms with van der Waals surface area (Å²) in [7, 11) is 2.06. The minimum atomic E-state index is -0.0960. The lowest BCUT2D eigenvalue weighted by Gasteiger charge is -2.49. The molecule has 0 aromatic heterocycles. The van der Waals surface area contributed by atoms with E-state index in [0.717, 1.165) is 45.8 Å². The van der Waals surface area contributed by atoms with E-state index in [1.807, 2.05) is 0 Å². The first-order chi connectivity index (χ1) is 11.0. The molecule has 2 saturated heterocycles. The van der Waals surface area contributed by atoms with Crippen molar-refractivity contribution in [2.75, 3.05) is 52.9 Å². The second kappa shape index (κ2) is 7.98. The molecular formula is C18H36Cl2N4. The second-order valence-corrected chi connectivity index (χ2v) is 9.96. The molecule has 0 aromatic carbocycles. The number of rotatable bonds is 0. The summed E-state index contributed by atoms with van der Waals surface area (Å²) in [6.45, 7) is 18.7. The summed E-state index contributed by atoms with van der Waals surface area (Å²) >= 11 is 13.7. The van der Waals surface area contributed by atoms with Crippen molar-refractivity contribution in [3.05, 3.63) is 0 Å². The quantitative estimate of drug-likeness (QED) is 0.516. The molecule has 24 heavy (non-hydrogen) atoms.